The lowest BCUT2D eigenvalue weighted by molar-refractivity contribution is -0.138. The van der Waals surface area contributed by atoms with Crippen molar-refractivity contribution in [1.82, 2.24) is 10.2 Å². The number of carbonyl (C=O) groups is 1. The molecule has 5 N–H and O–H groups in total. The number of benzene rings is 2. The number of hydrazine groups is 1. The third-order valence-corrected chi connectivity index (χ3v) is 7.03. The summed E-state index contributed by atoms with van der Waals surface area (Å²) in [5.74, 6) is 6.47. The molecule has 2 atom stereocenters. The van der Waals surface area contributed by atoms with Crippen molar-refractivity contribution in [3.8, 4) is 0 Å². The standard InChI is InChI=1S/C24H30ClF3N6O/c1-15(18-6-4-16(25)13-19(18)24(26,27)28)34(30)22-14-17(5-7-20(22)29)32-9-11-33(12-10-32)23(35)21-3-2-8-31-21/h4-7,13-15,21,31H,2-3,8-12,29-30H2,1H3/t15-,21-/m1/s1. The van der Waals surface area contributed by atoms with Crippen LogP contribution < -0.4 is 26.8 Å². The van der Waals surface area contributed by atoms with Gasteiger partial charge in [0.05, 0.1) is 29.0 Å². The molecule has 2 saturated heterocycles. The Labute approximate surface area is 207 Å². The van der Waals surface area contributed by atoms with Gasteiger partial charge in [0.1, 0.15) is 0 Å². The van der Waals surface area contributed by atoms with Crippen LogP contribution in [0, 0.1) is 0 Å². The molecule has 2 aliphatic heterocycles. The van der Waals surface area contributed by atoms with Gasteiger partial charge in [0.25, 0.3) is 0 Å². The molecule has 35 heavy (non-hydrogen) atoms. The summed E-state index contributed by atoms with van der Waals surface area (Å²) in [7, 11) is 0. The van der Waals surface area contributed by atoms with Gasteiger partial charge in [-0.25, -0.2) is 5.84 Å². The van der Waals surface area contributed by atoms with Gasteiger partial charge in [-0.2, -0.15) is 13.2 Å². The molecule has 0 spiro atoms. The molecular formula is C24H30ClF3N6O. The van der Waals surface area contributed by atoms with Gasteiger partial charge < -0.3 is 25.9 Å². The Hall–Kier alpha value is -2.69. The predicted molar refractivity (Wildman–Crippen MR) is 132 cm³/mol. The van der Waals surface area contributed by atoms with Crippen LogP contribution in [0.25, 0.3) is 0 Å². The number of piperazine rings is 1. The summed E-state index contributed by atoms with van der Waals surface area (Å²) in [6, 6.07) is 8.08. The highest BCUT2D eigenvalue weighted by atomic mass is 35.5. The maximum Gasteiger partial charge on any atom is 0.416 e. The van der Waals surface area contributed by atoms with Crippen LogP contribution in [0.2, 0.25) is 5.02 Å². The molecule has 7 nitrogen and oxygen atoms in total. The van der Waals surface area contributed by atoms with E-state index < -0.39 is 17.8 Å². The van der Waals surface area contributed by atoms with Crippen molar-refractivity contribution < 1.29 is 18.0 Å². The summed E-state index contributed by atoms with van der Waals surface area (Å²) in [6.45, 7) is 4.93. The Bertz CT molecular complexity index is 1070. The zero-order valence-corrected chi connectivity index (χ0v) is 20.2. The predicted octanol–water partition coefficient (Wildman–Crippen LogP) is 3.78. The number of alkyl halides is 3. The van der Waals surface area contributed by atoms with E-state index in [2.05, 4.69) is 10.2 Å². The molecule has 0 saturated carbocycles. The van der Waals surface area contributed by atoms with E-state index in [1.54, 1.807) is 19.1 Å². The highest BCUT2D eigenvalue weighted by Gasteiger charge is 2.36. The third kappa shape index (κ3) is 5.44. The minimum atomic E-state index is -4.58. The molecule has 4 rings (SSSR count). The Morgan fingerprint density at radius 2 is 1.89 bits per heavy atom. The average molecular weight is 511 g/mol. The van der Waals surface area contributed by atoms with Gasteiger partial charge in [-0.3, -0.25) is 4.79 Å². The second-order valence-electron chi connectivity index (χ2n) is 9.02. The van der Waals surface area contributed by atoms with Crippen LogP contribution in [0.15, 0.2) is 36.4 Å². The van der Waals surface area contributed by atoms with Gasteiger partial charge in [-0.1, -0.05) is 17.7 Å². The number of halogens is 4. The van der Waals surface area contributed by atoms with E-state index in [0.717, 1.165) is 31.1 Å². The first-order valence-electron chi connectivity index (χ1n) is 11.6. The van der Waals surface area contributed by atoms with Gasteiger partial charge in [-0.15, -0.1) is 0 Å². The fourth-order valence-electron chi connectivity index (χ4n) is 4.75. The Morgan fingerprint density at radius 3 is 2.51 bits per heavy atom. The Kier molecular flexibility index (Phi) is 7.35. The van der Waals surface area contributed by atoms with E-state index in [1.165, 1.54) is 17.1 Å². The number of anilines is 3. The van der Waals surface area contributed by atoms with Crippen LogP contribution in [0.4, 0.5) is 30.2 Å². The number of carbonyl (C=O) groups excluding carboxylic acids is 1. The van der Waals surface area contributed by atoms with Gasteiger partial charge in [0.2, 0.25) is 5.91 Å². The average Bonchev–Trinajstić information content (AvgIpc) is 3.38. The van der Waals surface area contributed by atoms with Crippen LogP contribution in [0.1, 0.15) is 36.9 Å². The minimum absolute atomic E-state index is 0.000283. The molecule has 0 unspecified atom stereocenters. The monoisotopic (exact) mass is 510 g/mol. The lowest BCUT2D eigenvalue weighted by Crippen LogP contribution is -2.53. The lowest BCUT2D eigenvalue weighted by atomic mass is 10.00. The molecule has 2 aromatic rings. The first-order valence-corrected chi connectivity index (χ1v) is 12.0. The molecule has 0 aromatic heterocycles. The van der Waals surface area contributed by atoms with Crippen molar-refractivity contribution in [3.63, 3.8) is 0 Å². The maximum atomic E-state index is 13.6. The van der Waals surface area contributed by atoms with Crippen LogP contribution in [0.5, 0.6) is 0 Å². The van der Waals surface area contributed by atoms with Gasteiger partial charge in [0, 0.05) is 36.9 Å². The van der Waals surface area contributed by atoms with Gasteiger partial charge in [0.15, 0.2) is 0 Å². The second-order valence-corrected chi connectivity index (χ2v) is 9.45. The number of rotatable bonds is 5. The van der Waals surface area contributed by atoms with Crippen molar-refractivity contribution in [2.24, 2.45) is 5.84 Å². The number of nitrogens with zero attached hydrogens (tertiary/aromatic N) is 3. The van der Waals surface area contributed by atoms with Crippen LogP contribution in [-0.4, -0.2) is 49.6 Å². The van der Waals surface area contributed by atoms with Gasteiger partial charge >= 0.3 is 6.18 Å². The highest BCUT2D eigenvalue weighted by Crippen LogP contribution is 2.39. The number of nitrogens with two attached hydrogens (primary N) is 2. The van der Waals surface area contributed by atoms with Crippen LogP contribution in [0.3, 0.4) is 0 Å². The Balaban J connectivity index is 1.50. The molecule has 2 aliphatic rings. The molecule has 2 fully saturated rings. The van der Waals surface area contributed by atoms with E-state index in [4.69, 9.17) is 23.2 Å². The molecule has 0 bridgehead atoms. The number of nitrogens with one attached hydrogen (secondary N) is 1. The summed E-state index contributed by atoms with van der Waals surface area (Å²) in [5, 5.41) is 4.50. The smallest absolute Gasteiger partial charge is 0.397 e. The summed E-state index contributed by atoms with van der Waals surface area (Å²) in [5.41, 5.74) is 6.96. The highest BCUT2D eigenvalue weighted by molar-refractivity contribution is 6.30. The van der Waals surface area contributed by atoms with Crippen molar-refractivity contribution in [2.45, 2.75) is 38.0 Å². The van der Waals surface area contributed by atoms with Crippen LogP contribution in [-0.2, 0) is 11.0 Å². The zero-order valence-electron chi connectivity index (χ0n) is 19.5. The summed E-state index contributed by atoms with van der Waals surface area (Å²) in [4.78, 5) is 16.7. The summed E-state index contributed by atoms with van der Waals surface area (Å²) < 4.78 is 40.9. The largest absolute Gasteiger partial charge is 0.416 e. The fraction of sp³-hybridized carbons (Fsp3) is 0.458. The molecule has 1 amide bonds. The van der Waals surface area contributed by atoms with Crippen molar-refractivity contribution >= 4 is 34.6 Å². The van der Waals surface area contributed by atoms with Crippen LogP contribution >= 0.6 is 11.6 Å². The molecule has 190 valence electrons. The maximum absolute atomic E-state index is 13.6. The second kappa shape index (κ2) is 10.1. The van der Waals surface area contributed by atoms with E-state index in [1.807, 2.05) is 11.0 Å². The molecule has 2 heterocycles. The number of hydrogen-bond donors (Lipinski definition) is 3. The van der Waals surface area contributed by atoms with E-state index in [9.17, 15) is 18.0 Å². The first-order chi connectivity index (χ1) is 16.6. The van der Waals surface area contributed by atoms with Crippen molar-refractivity contribution in [3.05, 3.63) is 52.5 Å². The van der Waals surface area contributed by atoms with E-state index >= 15 is 0 Å². The quantitative estimate of drug-likeness (QED) is 0.322. The lowest BCUT2D eigenvalue weighted by Gasteiger charge is -2.38. The number of hydrogen-bond acceptors (Lipinski definition) is 6. The first kappa shape index (κ1) is 25.4. The normalized spacial score (nSPS) is 19.7. The minimum Gasteiger partial charge on any atom is -0.397 e. The topological polar surface area (TPSA) is 90.9 Å². The van der Waals surface area contributed by atoms with Crippen molar-refractivity contribution in [2.75, 3.05) is 48.4 Å². The summed E-state index contributed by atoms with van der Waals surface area (Å²) >= 11 is 5.82. The summed E-state index contributed by atoms with van der Waals surface area (Å²) in [6.07, 6.45) is -2.69. The van der Waals surface area contributed by atoms with E-state index in [-0.39, 0.29) is 22.5 Å². The Morgan fingerprint density at radius 1 is 1.17 bits per heavy atom. The fourth-order valence-corrected chi connectivity index (χ4v) is 4.92. The molecular weight excluding hydrogens is 481 g/mol. The van der Waals surface area contributed by atoms with Gasteiger partial charge in [-0.05, 0) is 62.2 Å². The SMILES string of the molecule is C[C@H](c1ccc(Cl)cc1C(F)(F)F)N(N)c1cc(N2CCN(C(=O)[C@H]3CCCN3)CC2)ccc1N. The molecule has 2 aromatic carbocycles. The molecule has 0 aliphatic carbocycles. The third-order valence-electron chi connectivity index (χ3n) is 6.80. The zero-order chi connectivity index (χ0) is 25.3. The number of nitrogen functional groups attached to an aromatic ring is 1. The van der Waals surface area contributed by atoms with E-state index in [0.29, 0.717) is 37.6 Å². The van der Waals surface area contributed by atoms with Crippen molar-refractivity contribution in [1.29, 1.82) is 0 Å². The molecule has 0 radical (unpaired) electrons. The molecule has 11 heteroatoms. The number of amides is 1.